The van der Waals surface area contributed by atoms with Gasteiger partial charge in [-0.15, -0.1) is 11.3 Å². The first-order valence-corrected chi connectivity index (χ1v) is 6.68. The monoisotopic (exact) mass is 300 g/mol. The zero-order valence-corrected chi connectivity index (χ0v) is 11.3. The van der Waals surface area contributed by atoms with E-state index in [0.717, 1.165) is 23.1 Å². The Morgan fingerprint density at radius 3 is 2.79 bits per heavy atom. The van der Waals surface area contributed by atoms with E-state index in [9.17, 15) is 14.5 Å². The summed E-state index contributed by atoms with van der Waals surface area (Å²) in [5.74, 6) is -0.507. The molecule has 0 fully saturated rings. The van der Waals surface area contributed by atoms with Crippen molar-refractivity contribution in [1.29, 1.82) is 0 Å². The fraction of sp³-hybridized carbons (Fsp3) is 0.167. The first kappa shape index (κ1) is 13.8. The van der Waals surface area contributed by atoms with Gasteiger partial charge in [0, 0.05) is 23.6 Å². The third kappa shape index (κ3) is 3.65. The Morgan fingerprint density at radius 1 is 1.37 bits per heavy atom. The summed E-state index contributed by atoms with van der Waals surface area (Å²) in [4.78, 5) is 11.3. The summed E-state index contributed by atoms with van der Waals surface area (Å²) in [7, 11) is 0. The highest BCUT2D eigenvalue weighted by Gasteiger charge is 2.13. The largest absolute Gasteiger partial charge is 0.379 e. The molecular formula is C12H10ClFN2O2S. The molecule has 7 heteroatoms. The van der Waals surface area contributed by atoms with E-state index in [-0.39, 0.29) is 11.4 Å². The average molecular weight is 301 g/mol. The lowest BCUT2D eigenvalue weighted by Crippen LogP contribution is -2.06. The predicted molar refractivity (Wildman–Crippen MR) is 74.6 cm³/mol. The van der Waals surface area contributed by atoms with Gasteiger partial charge in [-0.1, -0.05) is 11.6 Å². The minimum atomic E-state index is -0.538. The molecule has 0 saturated carbocycles. The van der Waals surface area contributed by atoms with Crippen molar-refractivity contribution >= 4 is 34.3 Å². The highest BCUT2D eigenvalue weighted by molar-refractivity contribution is 7.16. The molecule has 0 radical (unpaired) electrons. The number of nitro benzene ring substituents is 1. The van der Waals surface area contributed by atoms with Crippen LogP contribution in [-0.2, 0) is 6.42 Å². The topological polar surface area (TPSA) is 55.2 Å². The Labute approximate surface area is 118 Å². The molecule has 0 aliphatic rings. The molecule has 100 valence electrons. The number of hydrogen-bond donors (Lipinski definition) is 1. The Bertz CT molecular complexity index is 603. The quantitative estimate of drug-likeness (QED) is 0.668. The molecule has 2 rings (SSSR count). The van der Waals surface area contributed by atoms with Gasteiger partial charge in [-0.2, -0.15) is 0 Å². The number of benzene rings is 1. The summed E-state index contributed by atoms with van der Waals surface area (Å²) in [5.41, 5.74) is 0.0539. The second-order valence-corrected chi connectivity index (χ2v) is 5.60. The van der Waals surface area contributed by atoms with Crippen LogP contribution < -0.4 is 5.32 Å². The predicted octanol–water partition coefficient (Wildman–Crippen LogP) is 4.10. The molecule has 0 bridgehead atoms. The van der Waals surface area contributed by atoms with Crippen molar-refractivity contribution in [3.8, 4) is 0 Å². The third-order valence-electron chi connectivity index (χ3n) is 2.47. The lowest BCUT2D eigenvalue weighted by molar-refractivity contribution is -0.384. The number of thiophene rings is 1. The summed E-state index contributed by atoms with van der Waals surface area (Å²) in [6.07, 6.45) is 0.672. The maximum absolute atomic E-state index is 13.1. The highest BCUT2D eigenvalue weighted by Crippen LogP contribution is 2.25. The van der Waals surface area contributed by atoms with Gasteiger partial charge < -0.3 is 5.32 Å². The van der Waals surface area contributed by atoms with Crippen LogP contribution in [0.4, 0.5) is 15.8 Å². The van der Waals surface area contributed by atoms with Crippen LogP contribution in [0.25, 0.3) is 0 Å². The van der Waals surface area contributed by atoms with Crippen LogP contribution in [0.15, 0.2) is 30.3 Å². The molecule has 0 spiro atoms. The zero-order valence-electron chi connectivity index (χ0n) is 9.73. The molecule has 0 atom stereocenters. The van der Waals surface area contributed by atoms with Gasteiger partial charge in [0.1, 0.15) is 11.5 Å². The van der Waals surface area contributed by atoms with Gasteiger partial charge >= 0.3 is 0 Å². The Kier molecular flexibility index (Phi) is 4.34. The van der Waals surface area contributed by atoms with Crippen molar-refractivity contribution in [1.82, 2.24) is 0 Å². The minimum absolute atomic E-state index is 0.134. The van der Waals surface area contributed by atoms with Crippen LogP contribution in [0, 0.1) is 15.9 Å². The average Bonchev–Trinajstić information content (AvgIpc) is 2.75. The molecule has 1 aromatic carbocycles. The van der Waals surface area contributed by atoms with Crippen LogP contribution in [0.3, 0.4) is 0 Å². The van der Waals surface area contributed by atoms with Crippen LogP contribution >= 0.6 is 22.9 Å². The van der Waals surface area contributed by atoms with Gasteiger partial charge in [0.25, 0.3) is 5.69 Å². The molecule has 0 saturated heterocycles. The van der Waals surface area contributed by atoms with E-state index < -0.39 is 10.7 Å². The second-order valence-electron chi connectivity index (χ2n) is 3.80. The van der Waals surface area contributed by atoms with E-state index in [2.05, 4.69) is 5.32 Å². The van der Waals surface area contributed by atoms with Crippen LogP contribution in [0.5, 0.6) is 0 Å². The van der Waals surface area contributed by atoms with Crippen LogP contribution in [0.2, 0.25) is 4.34 Å². The highest BCUT2D eigenvalue weighted by atomic mass is 35.5. The minimum Gasteiger partial charge on any atom is -0.379 e. The lowest BCUT2D eigenvalue weighted by atomic mass is 10.2. The first-order chi connectivity index (χ1) is 9.06. The van der Waals surface area contributed by atoms with Crippen LogP contribution in [-0.4, -0.2) is 11.5 Å². The molecule has 0 aliphatic carbocycles. The third-order valence-corrected chi connectivity index (χ3v) is 3.76. The Hall–Kier alpha value is -1.66. The van der Waals surface area contributed by atoms with E-state index in [1.165, 1.54) is 11.3 Å². The molecule has 0 unspecified atom stereocenters. The van der Waals surface area contributed by atoms with Gasteiger partial charge in [-0.3, -0.25) is 10.1 Å². The molecule has 1 aromatic heterocycles. The number of nitrogens with one attached hydrogen (secondary N) is 1. The standard InChI is InChI=1S/C12H10ClFN2O2S/c13-12-4-2-9(19-12)5-6-15-10-7-8(14)1-3-11(10)16(17)18/h1-4,7,15H,5-6H2. The van der Waals surface area contributed by atoms with E-state index in [1.807, 2.05) is 6.07 Å². The zero-order chi connectivity index (χ0) is 13.8. The van der Waals surface area contributed by atoms with Crippen molar-refractivity contribution in [3.63, 3.8) is 0 Å². The van der Waals surface area contributed by atoms with Crippen molar-refractivity contribution in [2.45, 2.75) is 6.42 Å². The summed E-state index contributed by atoms with van der Waals surface area (Å²) in [6.45, 7) is 0.473. The smallest absolute Gasteiger partial charge is 0.292 e. The summed E-state index contributed by atoms with van der Waals surface area (Å²) < 4.78 is 13.8. The van der Waals surface area contributed by atoms with E-state index in [1.54, 1.807) is 6.07 Å². The van der Waals surface area contributed by atoms with Crippen LogP contribution in [0.1, 0.15) is 4.88 Å². The Morgan fingerprint density at radius 2 is 2.16 bits per heavy atom. The fourth-order valence-corrected chi connectivity index (χ4v) is 2.70. The van der Waals surface area contributed by atoms with Gasteiger partial charge in [0.2, 0.25) is 0 Å². The molecule has 0 aliphatic heterocycles. The maximum Gasteiger partial charge on any atom is 0.292 e. The van der Waals surface area contributed by atoms with Crippen molar-refractivity contribution in [2.24, 2.45) is 0 Å². The van der Waals surface area contributed by atoms with Crippen molar-refractivity contribution < 1.29 is 9.31 Å². The summed E-state index contributed by atoms with van der Waals surface area (Å²) >= 11 is 7.26. The van der Waals surface area contributed by atoms with Gasteiger partial charge in [0.15, 0.2) is 0 Å². The second kappa shape index (κ2) is 5.99. The first-order valence-electron chi connectivity index (χ1n) is 5.48. The molecule has 1 N–H and O–H groups in total. The molecule has 0 amide bonds. The van der Waals surface area contributed by atoms with Gasteiger partial charge in [-0.25, -0.2) is 4.39 Å². The van der Waals surface area contributed by atoms with Crippen molar-refractivity contribution in [2.75, 3.05) is 11.9 Å². The molecule has 19 heavy (non-hydrogen) atoms. The molecule has 1 heterocycles. The summed E-state index contributed by atoms with van der Waals surface area (Å²) in [6, 6.07) is 7.04. The van der Waals surface area contributed by atoms with E-state index >= 15 is 0 Å². The summed E-state index contributed by atoms with van der Waals surface area (Å²) in [5, 5.41) is 13.7. The van der Waals surface area contributed by atoms with E-state index in [4.69, 9.17) is 11.6 Å². The molecular weight excluding hydrogens is 291 g/mol. The van der Waals surface area contributed by atoms with Crippen molar-refractivity contribution in [3.05, 3.63) is 55.5 Å². The number of nitro groups is 1. The number of nitrogens with zero attached hydrogens (tertiary/aromatic N) is 1. The van der Waals surface area contributed by atoms with Gasteiger partial charge in [-0.05, 0) is 24.6 Å². The Balaban J connectivity index is 2.02. The number of hydrogen-bond acceptors (Lipinski definition) is 4. The fourth-order valence-electron chi connectivity index (χ4n) is 1.62. The number of rotatable bonds is 5. The molecule has 2 aromatic rings. The number of halogens is 2. The SMILES string of the molecule is O=[N+]([O-])c1ccc(F)cc1NCCc1ccc(Cl)s1. The normalized spacial score (nSPS) is 10.4. The van der Waals surface area contributed by atoms with E-state index in [0.29, 0.717) is 17.3 Å². The number of anilines is 1. The van der Waals surface area contributed by atoms with Gasteiger partial charge in [0.05, 0.1) is 9.26 Å². The molecule has 4 nitrogen and oxygen atoms in total. The lowest BCUT2D eigenvalue weighted by Gasteiger charge is -2.06. The maximum atomic E-state index is 13.1.